The summed E-state index contributed by atoms with van der Waals surface area (Å²) >= 11 is 0. The number of carbonyl (C=O) groups excluding carboxylic acids is 1. The number of hydrogen-bond donors (Lipinski definition) is 1. The minimum atomic E-state index is -0.0917. The molecule has 1 unspecified atom stereocenters. The van der Waals surface area contributed by atoms with E-state index in [-0.39, 0.29) is 17.9 Å². The van der Waals surface area contributed by atoms with E-state index in [1.165, 1.54) is 0 Å². The van der Waals surface area contributed by atoms with Crippen LogP contribution in [0.3, 0.4) is 0 Å². The van der Waals surface area contributed by atoms with Crippen LogP contribution in [-0.4, -0.2) is 19.1 Å². The summed E-state index contributed by atoms with van der Waals surface area (Å²) in [5.74, 6) is 1.71. The first-order chi connectivity index (χ1) is 12.0. The summed E-state index contributed by atoms with van der Waals surface area (Å²) in [6.45, 7) is 7.53. The van der Waals surface area contributed by atoms with E-state index < -0.39 is 0 Å². The number of aryl methyl sites for hydroxylation is 1. The van der Waals surface area contributed by atoms with Gasteiger partial charge in [-0.05, 0) is 42.7 Å². The molecule has 2 aromatic rings. The number of ether oxygens (including phenoxy) is 2. The molecule has 0 bridgehead atoms. The van der Waals surface area contributed by atoms with Gasteiger partial charge in [0.15, 0.2) is 11.5 Å². The lowest BCUT2D eigenvalue weighted by atomic mass is 9.95. The highest BCUT2D eigenvalue weighted by atomic mass is 16.5. The third-order valence-electron chi connectivity index (χ3n) is 4.40. The van der Waals surface area contributed by atoms with Gasteiger partial charge in [-0.25, -0.2) is 0 Å². The van der Waals surface area contributed by atoms with Crippen LogP contribution in [0.5, 0.6) is 11.5 Å². The molecule has 25 heavy (non-hydrogen) atoms. The fourth-order valence-electron chi connectivity index (χ4n) is 2.94. The molecule has 2 aromatic carbocycles. The molecule has 1 aliphatic heterocycles. The Labute approximate surface area is 149 Å². The Balaban J connectivity index is 1.82. The number of carbonyl (C=O) groups is 1. The Bertz CT molecular complexity index is 737. The molecule has 3 rings (SSSR count). The van der Waals surface area contributed by atoms with Crippen molar-refractivity contribution in [3.63, 3.8) is 0 Å². The second-order valence-electron chi connectivity index (χ2n) is 6.82. The van der Waals surface area contributed by atoms with Crippen LogP contribution in [-0.2, 0) is 0 Å². The van der Waals surface area contributed by atoms with Crippen LogP contribution in [0.25, 0.3) is 0 Å². The predicted octanol–water partition coefficient (Wildman–Crippen LogP) is 4.28. The first kappa shape index (κ1) is 17.3. The van der Waals surface area contributed by atoms with E-state index in [1.807, 2.05) is 49.4 Å². The Morgan fingerprint density at radius 3 is 2.36 bits per heavy atom. The van der Waals surface area contributed by atoms with Crippen molar-refractivity contribution in [1.29, 1.82) is 0 Å². The van der Waals surface area contributed by atoms with E-state index in [4.69, 9.17) is 9.47 Å². The molecule has 1 atom stereocenters. The van der Waals surface area contributed by atoms with Gasteiger partial charge in [0.05, 0.1) is 19.3 Å². The molecule has 132 valence electrons. The van der Waals surface area contributed by atoms with Crippen molar-refractivity contribution in [2.75, 3.05) is 13.2 Å². The molecule has 0 aromatic heterocycles. The van der Waals surface area contributed by atoms with E-state index in [1.54, 1.807) is 0 Å². The van der Waals surface area contributed by atoms with Gasteiger partial charge in [0, 0.05) is 12.0 Å². The first-order valence-electron chi connectivity index (χ1n) is 8.81. The smallest absolute Gasteiger partial charge is 0.251 e. The molecule has 0 saturated heterocycles. The predicted molar refractivity (Wildman–Crippen MR) is 98.3 cm³/mol. The number of amides is 1. The zero-order chi connectivity index (χ0) is 17.8. The molecule has 1 heterocycles. The summed E-state index contributed by atoms with van der Waals surface area (Å²) in [5, 5.41) is 3.16. The van der Waals surface area contributed by atoms with Crippen LogP contribution < -0.4 is 14.8 Å². The van der Waals surface area contributed by atoms with Crippen molar-refractivity contribution < 1.29 is 14.3 Å². The minimum absolute atomic E-state index is 0.0641. The SMILES string of the molecule is Cc1ccc(C(=O)NC(c2ccc3c(c2)OCCCO3)C(C)C)cc1. The monoisotopic (exact) mass is 339 g/mol. The van der Waals surface area contributed by atoms with E-state index in [2.05, 4.69) is 19.2 Å². The third kappa shape index (κ3) is 4.13. The number of rotatable bonds is 4. The molecule has 0 aliphatic carbocycles. The van der Waals surface area contributed by atoms with Crippen molar-refractivity contribution >= 4 is 5.91 Å². The van der Waals surface area contributed by atoms with E-state index >= 15 is 0 Å². The van der Waals surface area contributed by atoms with Crippen LogP contribution in [0.2, 0.25) is 0 Å². The number of fused-ring (bicyclic) bond motifs is 1. The van der Waals surface area contributed by atoms with Crippen LogP contribution >= 0.6 is 0 Å². The molecular formula is C21H25NO3. The van der Waals surface area contributed by atoms with Crippen molar-refractivity contribution in [2.45, 2.75) is 33.2 Å². The molecular weight excluding hydrogens is 314 g/mol. The maximum Gasteiger partial charge on any atom is 0.251 e. The molecule has 0 saturated carbocycles. The van der Waals surface area contributed by atoms with Crippen LogP contribution in [0.4, 0.5) is 0 Å². The van der Waals surface area contributed by atoms with Crippen molar-refractivity contribution in [1.82, 2.24) is 5.32 Å². The van der Waals surface area contributed by atoms with E-state index in [0.29, 0.717) is 18.8 Å². The molecule has 0 spiro atoms. The van der Waals surface area contributed by atoms with Gasteiger partial charge in [0.2, 0.25) is 0 Å². The van der Waals surface area contributed by atoms with Gasteiger partial charge in [-0.1, -0.05) is 37.6 Å². The van der Waals surface area contributed by atoms with Gasteiger partial charge in [0.1, 0.15) is 0 Å². The molecule has 1 amide bonds. The van der Waals surface area contributed by atoms with Crippen LogP contribution in [0, 0.1) is 12.8 Å². The van der Waals surface area contributed by atoms with E-state index in [0.717, 1.165) is 29.0 Å². The summed E-state index contributed by atoms with van der Waals surface area (Å²) in [6, 6.07) is 13.5. The van der Waals surface area contributed by atoms with Crippen molar-refractivity contribution in [2.24, 2.45) is 5.92 Å². The van der Waals surface area contributed by atoms with Gasteiger partial charge in [-0.15, -0.1) is 0 Å². The minimum Gasteiger partial charge on any atom is -0.490 e. The van der Waals surface area contributed by atoms with E-state index in [9.17, 15) is 4.79 Å². The number of nitrogens with one attached hydrogen (secondary N) is 1. The quantitative estimate of drug-likeness (QED) is 0.904. The largest absolute Gasteiger partial charge is 0.490 e. The molecule has 4 heteroatoms. The summed E-state index contributed by atoms with van der Waals surface area (Å²) < 4.78 is 11.5. The molecule has 1 N–H and O–H groups in total. The molecule has 4 nitrogen and oxygen atoms in total. The molecule has 0 fully saturated rings. The number of hydrogen-bond acceptors (Lipinski definition) is 3. The first-order valence-corrected chi connectivity index (χ1v) is 8.81. The molecule has 0 radical (unpaired) electrons. The second-order valence-corrected chi connectivity index (χ2v) is 6.82. The Morgan fingerprint density at radius 2 is 1.68 bits per heavy atom. The normalized spacial score (nSPS) is 14.7. The van der Waals surface area contributed by atoms with Gasteiger partial charge >= 0.3 is 0 Å². The Morgan fingerprint density at radius 1 is 1.00 bits per heavy atom. The van der Waals surface area contributed by atoms with Crippen LogP contribution in [0.1, 0.15) is 47.8 Å². The Kier molecular flexibility index (Phi) is 5.27. The molecule has 1 aliphatic rings. The highest BCUT2D eigenvalue weighted by molar-refractivity contribution is 5.94. The maximum absolute atomic E-state index is 12.6. The standard InChI is InChI=1S/C21H25NO3/c1-14(2)20(22-21(23)16-7-5-15(3)6-8-16)17-9-10-18-19(13-17)25-12-4-11-24-18/h5-10,13-14,20H,4,11-12H2,1-3H3,(H,22,23). The summed E-state index contributed by atoms with van der Waals surface area (Å²) in [6.07, 6.45) is 0.877. The lowest BCUT2D eigenvalue weighted by molar-refractivity contribution is 0.0925. The third-order valence-corrected chi connectivity index (χ3v) is 4.40. The average molecular weight is 339 g/mol. The maximum atomic E-state index is 12.6. The summed E-state index contributed by atoms with van der Waals surface area (Å²) in [7, 11) is 0. The van der Waals surface area contributed by atoms with Crippen molar-refractivity contribution in [3.8, 4) is 11.5 Å². The highest BCUT2D eigenvalue weighted by Crippen LogP contribution is 2.34. The fraction of sp³-hybridized carbons (Fsp3) is 0.381. The van der Waals surface area contributed by atoms with Gasteiger partial charge in [-0.3, -0.25) is 4.79 Å². The summed E-state index contributed by atoms with van der Waals surface area (Å²) in [5.41, 5.74) is 2.84. The average Bonchev–Trinajstić information content (AvgIpc) is 2.84. The Hall–Kier alpha value is -2.49. The van der Waals surface area contributed by atoms with Gasteiger partial charge < -0.3 is 14.8 Å². The van der Waals surface area contributed by atoms with Crippen molar-refractivity contribution in [3.05, 3.63) is 59.2 Å². The zero-order valence-corrected chi connectivity index (χ0v) is 15.0. The zero-order valence-electron chi connectivity index (χ0n) is 15.0. The second kappa shape index (κ2) is 7.60. The topological polar surface area (TPSA) is 47.6 Å². The van der Waals surface area contributed by atoms with Crippen LogP contribution in [0.15, 0.2) is 42.5 Å². The lowest BCUT2D eigenvalue weighted by Gasteiger charge is -2.24. The van der Waals surface area contributed by atoms with Gasteiger partial charge in [-0.2, -0.15) is 0 Å². The van der Waals surface area contributed by atoms with Gasteiger partial charge in [0.25, 0.3) is 5.91 Å². The summed E-state index contributed by atoms with van der Waals surface area (Å²) in [4.78, 5) is 12.6. The lowest BCUT2D eigenvalue weighted by Crippen LogP contribution is -2.31. The highest BCUT2D eigenvalue weighted by Gasteiger charge is 2.21. The fourth-order valence-corrected chi connectivity index (χ4v) is 2.94. The number of benzene rings is 2.